The van der Waals surface area contributed by atoms with Crippen LogP contribution in [-0.2, 0) is 11.3 Å². The van der Waals surface area contributed by atoms with Crippen LogP contribution in [0.25, 0.3) is 11.1 Å². The van der Waals surface area contributed by atoms with Gasteiger partial charge in [-0.2, -0.15) is 0 Å². The van der Waals surface area contributed by atoms with E-state index in [1.165, 1.54) is 16.6 Å². The zero-order valence-corrected chi connectivity index (χ0v) is 12.8. The van der Waals surface area contributed by atoms with Crippen LogP contribution < -0.4 is 5.32 Å². The molecular weight excluding hydrogens is 290 g/mol. The van der Waals surface area contributed by atoms with E-state index in [2.05, 4.69) is 45.1 Å². The van der Waals surface area contributed by atoms with Crippen LogP contribution in [0.3, 0.4) is 0 Å². The van der Waals surface area contributed by atoms with Gasteiger partial charge < -0.3 is 5.32 Å². The summed E-state index contributed by atoms with van der Waals surface area (Å²) >= 11 is 0. The molecule has 0 aliphatic heterocycles. The third-order valence-corrected chi connectivity index (χ3v) is 3.59. The molecule has 116 valence electrons. The molecule has 1 atom stereocenters. The molecule has 0 aliphatic rings. The van der Waals surface area contributed by atoms with Crippen LogP contribution in [0.5, 0.6) is 0 Å². The van der Waals surface area contributed by atoms with E-state index in [4.69, 9.17) is 0 Å². The second kappa shape index (κ2) is 6.83. The topological polar surface area (TPSA) is 72.7 Å². The summed E-state index contributed by atoms with van der Waals surface area (Å²) in [5.41, 5.74) is 3.38. The second-order valence-corrected chi connectivity index (χ2v) is 5.28. The smallest absolute Gasteiger partial charge is 0.242 e. The number of hydrogen-bond acceptors (Lipinski definition) is 4. The highest BCUT2D eigenvalue weighted by atomic mass is 16.2. The van der Waals surface area contributed by atoms with Crippen molar-refractivity contribution in [1.82, 2.24) is 25.5 Å². The normalized spacial score (nSPS) is 11.9. The first-order valence-electron chi connectivity index (χ1n) is 7.38. The summed E-state index contributed by atoms with van der Waals surface area (Å²) in [4.78, 5) is 12.0. The van der Waals surface area contributed by atoms with Crippen molar-refractivity contribution in [3.8, 4) is 11.1 Å². The summed E-state index contributed by atoms with van der Waals surface area (Å²) in [6.45, 7) is 2.06. The SMILES string of the molecule is CC(NC(=O)Cn1cnnn1)c1ccc(-c2ccccc2)cc1. The van der Waals surface area contributed by atoms with Gasteiger partial charge in [0.15, 0.2) is 0 Å². The maximum Gasteiger partial charge on any atom is 0.242 e. The Labute approximate surface area is 134 Å². The zero-order chi connectivity index (χ0) is 16.1. The van der Waals surface area contributed by atoms with Gasteiger partial charge in [-0.05, 0) is 34.0 Å². The summed E-state index contributed by atoms with van der Waals surface area (Å²) in [5, 5.41) is 13.6. The minimum Gasteiger partial charge on any atom is -0.348 e. The predicted octanol–water partition coefficient (Wildman–Crippen LogP) is 2.22. The van der Waals surface area contributed by atoms with E-state index in [9.17, 15) is 4.79 Å². The van der Waals surface area contributed by atoms with E-state index in [1.54, 1.807) is 0 Å². The van der Waals surface area contributed by atoms with Crippen molar-refractivity contribution < 1.29 is 4.79 Å². The Hall–Kier alpha value is -3.02. The molecule has 0 fully saturated rings. The third-order valence-electron chi connectivity index (χ3n) is 3.59. The number of benzene rings is 2. The first kappa shape index (κ1) is 14.9. The lowest BCUT2D eigenvalue weighted by Gasteiger charge is -2.14. The molecule has 2 aromatic carbocycles. The summed E-state index contributed by atoms with van der Waals surface area (Å²) in [6, 6.07) is 18.3. The predicted molar refractivity (Wildman–Crippen MR) is 86.3 cm³/mol. The van der Waals surface area contributed by atoms with E-state index in [1.807, 2.05) is 37.3 Å². The first-order valence-corrected chi connectivity index (χ1v) is 7.38. The molecule has 0 saturated heterocycles. The molecule has 0 radical (unpaired) electrons. The van der Waals surface area contributed by atoms with Gasteiger partial charge in [0.25, 0.3) is 0 Å². The van der Waals surface area contributed by atoms with E-state index in [-0.39, 0.29) is 18.5 Å². The Morgan fingerprint density at radius 2 is 1.78 bits per heavy atom. The highest BCUT2D eigenvalue weighted by molar-refractivity contribution is 5.76. The fourth-order valence-electron chi connectivity index (χ4n) is 2.37. The molecule has 1 aromatic heterocycles. The monoisotopic (exact) mass is 307 g/mol. The number of tetrazole rings is 1. The number of rotatable bonds is 5. The van der Waals surface area contributed by atoms with Crippen molar-refractivity contribution in [3.63, 3.8) is 0 Å². The van der Waals surface area contributed by atoms with Gasteiger partial charge in [0.2, 0.25) is 5.91 Å². The number of aromatic nitrogens is 4. The lowest BCUT2D eigenvalue weighted by molar-refractivity contribution is -0.122. The van der Waals surface area contributed by atoms with Gasteiger partial charge in [-0.3, -0.25) is 4.79 Å². The standard InChI is InChI=1S/C17H17N5O/c1-13(19-17(23)11-22-12-18-20-21-22)14-7-9-16(10-8-14)15-5-3-2-4-6-15/h2-10,12-13H,11H2,1H3,(H,19,23). The average molecular weight is 307 g/mol. The van der Waals surface area contributed by atoms with Gasteiger partial charge in [-0.15, -0.1) is 5.10 Å². The Balaban J connectivity index is 1.63. The van der Waals surface area contributed by atoms with Gasteiger partial charge in [0, 0.05) is 0 Å². The molecule has 3 rings (SSSR count). The van der Waals surface area contributed by atoms with Crippen LogP contribution in [0.4, 0.5) is 0 Å². The number of carbonyl (C=O) groups is 1. The molecule has 1 unspecified atom stereocenters. The van der Waals surface area contributed by atoms with Crippen LogP contribution in [-0.4, -0.2) is 26.1 Å². The maximum absolute atomic E-state index is 12.0. The van der Waals surface area contributed by atoms with E-state index in [0.29, 0.717) is 0 Å². The molecule has 0 bridgehead atoms. The van der Waals surface area contributed by atoms with Crippen molar-refractivity contribution in [2.45, 2.75) is 19.5 Å². The highest BCUT2D eigenvalue weighted by Crippen LogP contribution is 2.21. The van der Waals surface area contributed by atoms with Crippen molar-refractivity contribution in [2.24, 2.45) is 0 Å². The summed E-state index contributed by atoms with van der Waals surface area (Å²) in [6.07, 6.45) is 1.42. The molecule has 3 aromatic rings. The van der Waals surface area contributed by atoms with E-state index < -0.39 is 0 Å². The molecule has 1 amide bonds. The van der Waals surface area contributed by atoms with Crippen molar-refractivity contribution in [3.05, 3.63) is 66.5 Å². The fourth-order valence-corrected chi connectivity index (χ4v) is 2.37. The first-order chi connectivity index (χ1) is 11.2. The third kappa shape index (κ3) is 3.79. The second-order valence-electron chi connectivity index (χ2n) is 5.28. The Morgan fingerprint density at radius 3 is 2.43 bits per heavy atom. The van der Waals surface area contributed by atoms with Crippen LogP contribution >= 0.6 is 0 Å². The van der Waals surface area contributed by atoms with Gasteiger partial charge in [0.05, 0.1) is 6.04 Å². The van der Waals surface area contributed by atoms with E-state index >= 15 is 0 Å². The number of nitrogens with zero attached hydrogens (tertiary/aromatic N) is 4. The number of hydrogen-bond donors (Lipinski definition) is 1. The number of amides is 1. The summed E-state index contributed by atoms with van der Waals surface area (Å²) in [7, 11) is 0. The van der Waals surface area contributed by atoms with Crippen molar-refractivity contribution in [1.29, 1.82) is 0 Å². The van der Waals surface area contributed by atoms with Gasteiger partial charge in [0.1, 0.15) is 12.9 Å². The van der Waals surface area contributed by atoms with Crippen molar-refractivity contribution in [2.75, 3.05) is 0 Å². The molecule has 0 aliphatic carbocycles. The largest absolute Gasteiger partial charge is 0.348 e. The fraction of sp³-hybridized carbons (Fsp3) is 0.176. The van der Waals surface area contributed by atoms with Gasteiger partial charge >= 0.3 is 0 Å². The minimum absolute atomic E-state index is 0.0798. The number of carbonyl (C=O) groups excluding carboxylic acids is 1. The molecule has 0 spiro atoms. The Bertz CT molecular complexity index is 753. The maximum atomic E-state index is 12.0. The zero-order valence-electron chi connectivity index (χ0n) is 12.8. The highest BCUT2D eigenvalue weighted by Gasteiger charge is 2.10. The minimum atomic E-state index is -0.128. The molecule has 6 heteroatoms. The lowest BCUT2D eigenvalue weighted by atomic mass is 10.0. The summed E-state index contributed by atoms with van der Waals surface area (Å²) in [5.74, 6) is -0.128. The van der Waals surface area contributed by atoms with Crippen molar-refractivity contribution >= 4 is 5.91 Å². The quantitative estimate of drug-likeness (QED) is 0.784. The molecule has 1 N–H and O–H groups in total. The molecular formula is C17H17N5O. The lowest BCUT2D eigenvalue weighted by Crippen LogP contribution is -2.30. The Morgan fingerprint density at radius 1 is 1.09 bits per heavy atom. The molecule has 0 saturated carbocycles. The van der Waals surface area contributed by atoms with Gasteiger partial charge in [-0.1, -0.05) is 54.6 Å². The Kier molecular flexibility index (Phi) is 4.42. The molecule has 1 heterocycles. The average Bonchev–Trinajstić information content (AvgIpc) is 3.08. The van der Waals surface area contributed by atoms with E-state index in [0.717, 1.165) is 11.1 Å². The number of nitrogens with one attached hydrogen (secondary N) is 1. The van der Waals surface area contributed by atoms with Crippen LogP contribution in [0.15, 0.2) is 60.9 Å². The van der Waals surface area contributed by atoms with Crippen LogP contribution in [0.1, 0.15) is 18.5 Å². The summed E-state index contributed by atoms with van der Waals surface area (Å²) < 4.78 is 1.39. The molecule has 6 nitrogen and oxygen atoms in total. The van der Waals surface area contributed by atoms with Crippen LogP contribution in [0.2, 0.25) is 0 Å². The molecule has 23 heavy (non-hydrogen) atoms. The van der Waals surface area contributed by atoms with Gasteiger partial charge in [-0.25, -0.2) is 4.68 Å². The van der Waals surface area contributed by atoms with Crippen LogP contribution in [0, 0.1) is 0 Å².